The minimum Gasteiger partial charge on any atom is -0.457 e. The summed E-state index contributed by atoms with van der Waals surface area (Å²) >= 11 is 5.85. The first kappa shape index (κ1) is 17.0. The van der Waals surface area contributed by atoms with Crippen LogP contribution in [0, 0.1) is 0 Å². The lowest BCUT2D eigenvalue weighted by Gasteiger charge is -2.26. The maximum Gasteiger partial charge on any atom is 0.265 e. The molecule has 0 spiro atoms. The fourth-order valence-electron chi connectivity index (χ4n) is 2.59. The zero-order valence-corrected chi connectivity index (χ0v) is 14.2. The molecule has 0 radical (unpaired) electrons. The first-order valence-corrected chi connectivity index (χ1v) is 8.00. The number of hydrogen-bond donors (Lipinski definition) is 1. The summed E-state index contributed by atoms with van der Waals surface area (Å²) in [5.74, 6) is 0.0296. The van der Waals surface area contributed by atoms with Crippen molar-refractivity contribution in [2.75, 3.05) is 7.05 Å². The smallest absolute Gasteiger partial charge is 0.265 e. The Hall–Kier alpha value is -2.86. The second-order valence-corrected chi connectivity index (χ2v) is 6.09. The van der Waals surface area contributed by atoms with Crippen molar-refractivity contribution < 1.29 is 14.3 Å². The van der Waals surface area contributed by atoms with Crippen LogP contribution in [0.2, 0.25) is 5.02 Å². The van der Waals surface area contributed by atoms with Gasteiger partial charge in [-0.25, -0.2) is 5.01 Å². The number of benzene rings is 2. The van der Waals surface area contributed by atoms with Crippen molar-refractivity contribution in [2.45, 2.75) is 12.3 Å². The normalized spacial score (nSPS) is 17.2. The van der Waals surface area contributed by atoms with Crippen molar-refractivity contribution in [3.8, 4) is 11.5 Å². The molecule has 6 nitrogen and oxygen atoms in total. The van der Waals surface area contributed by atoms with Gasteiger partial charge in [-0.1, -0.05) is 23.7 Å². The maximum absolute atomic E-state index is 11.9. The number of nitrogens with zero attached hydrogens (tertiary/aromatic N) is 2. The van der Waals surface area contributed by atoms with Crippen LogP contribution in [0.3, 0.4) is 0 Å². The molecular weight excluding hydrogens is 342 g/mol. The van der Waals surface area contributed by atoms with E-state index in [-0.39, 0.29) is 18.0 Å². The van der Waals surface area contributed by atoms with Gasteiger partial charge in [0, 0.05) is 24.4 Å². The summed E-state index contributed by atoms with van der Waals surface area (Å²) < 4.78 is 5.73. The summed E-state index contributed by atoms with van der Waals surface area (Å²) in [5.41, 5.74) is 6.36. The molecule has 2 N–H and O–H groups in total. The van der Waals surface area contributed by atoms with Gasteiger partial charge in [-0.15, -0.1) is 0 Å². The number of nitrogens with two attached hydrogens (primary N) is 1. The van der Waals surface area contributed by atoms with Crippen LogP contribution in [0.15, 0.2) is 53.6 Å². The van der Waals surface area contributed by atoms with Gasteiger partial charge in [-0.2, -0.15) is 5.10 Å². The second-order valence-electron chi connectivity index (χ2n) is 5.65. The van der Waals surface area contributed by atoms with Gasteiger partial charge in [0.1, 0.15) is 17.2 Å². The van der Waals surface area contributed by atoms with Gasteiger partial charge in [-0.05, 0) is 42.0 Å². The molecule has 1 aliphatic rings. The van der Waals surface area contributed by atoms with E-state index >= 15 is 0 Å². The van der Waals surface area contributed by atoms with Crippen LogP contribution < -0.4 is 10.5 Å². The Balaban J connectivity index is 1.81. The lowest BCUT2D eigenvalue weighted by molar-refractivity contribution is -0.130. The Morgan fingerprint density at radius 2 is 1.72 bits per heavy atom. The van der Waals surface area contributed by atoms with Crippen molar-refractivity contribution in [2.24, 2.45) is 10.8 Å². The standard InChI is InChI=1S/C18H16ClN3O3/c1-22-16(23)10-15(17(21-22)18(20)24)11-2-6-13(7-3-11)25-14-8-4-12(19)5-9-14/h2-9,15H,10H2,1H3,(H2,20,24). The number of primary amides is 1. The first-order valence-electron chi connectivity index (χ1n) is 7.62. The molecule has 0 aliphatic carbocycles. The van der Waals surface area contributed by atoms with Crippen LogP contribution in [0.5, 0.6) is 11.5 Å². The monoisotopic (exact) mass is 357 g/mol. The van der Waals surface area contributed by atoms with Crippen LogP contribution in [0.25, 0.3) is 0 Å². The molecule has 0 saturated carbocycles. The largest absolute Gasteiger partial charge is 0.457 e. The molecule has 1 atom stereocenters. The summed E-state index contributed by atoms with van der Waals surface area (Å²) in [6.45, 7) is 0. The van der Waals surface area contributed by atoms with Gasteiger partial charge in [0.15, 0.2) is 0 Å². The van der Waals surface area contributed by atoms with Crippen molar-refractivity contribution in [1.82, 2.24) is 5.01 Å². The molecule has 0 saturated heterocycles. The van der Waals surface area contributed by atoms with Gasteiger partial charge in [0.25, 0.3) is 5.91 Å². The predicted molar refractivity (Wildman–Crippen MR) is 94.7 cm³/mol. The van der Waals surface area contributed by atoms with Crippen LogP contribution in [0.1, 0.15) is 17.9 Å². The zero-order valence-electron chi connectivity index (χ0n) is 13.5. The van der Waals surface area contributed by atoms with E-state index < -0.39 is 11.8 Å². The summed E-state index contributed by atoms with van der Waals surface area (Å²) in [5, 5.41) is 5.78. The topological polar surface area (TPSA) is 85.0 Å². The van der Waals surface area contributed by atoms with Crippen molar-refractivity contribution in [3.63, 3.8) is 0 Å². The average Bonchev–Trinajstić information content (AvgIpc) is 2.59. The summed E-state index contributed by atoms with van der Waals surface area (Å²) in [6, 6.07) is 14.2. The number of rotatable bonds is 4. The minimum atomic E-state index is -0.633. The van der Waals surface area contributed by atoms with E-state index in [1.165, 1.54) is 7.05 Å². The summed E-state index contributed by atoms with van der Waals surface area (Å²) in [7, 11) is 1.50. The molecule has 1 aliphatic heterocycles. The molecule has 0 aromatic heterocycles. The molecule has 0 bridgehead atoms. The van der Waals surface area contributed by atoms with Crippen LogP contribution in [-0.4, -0.2) is 29.6 Å². The number of carbonyl (C=O) groups excluding carboxylic acids is 2. The molecule has 0 fully saturated rings. The summed E-state index contributed by atoms with van der Waals surface area (Å²) in [6.07, 6.45) is 0.148. The number of hydrogen-bond acceptors (Lipinski definition) is 4. The highest BCUT2D eigenvalue weighted by molar-refractivity contribution is 6.41. The molecule has 1 unspecified atom stereocenters. The molecule has 1 heterocycles. The Morgan fingerprint density at radius 3 is 2.28 bits per heavy atom. The number of amides is 2. The highest BCUT2D eigenvalue weighted by atomic mass is 35.5. The van der Waals surface area contributed by atoms with Crippen molar-refractivity contribution in [1.29, 1.82) is 0 Å². The van der Waals surface area contributed by atoms with E-state index in [0.717, 1.165) is 10.6 Å². The van der Waals surface area contributed by atoms with E-state index in [2.05, 4.69) is 5.10 Å². The number of halogens is 1. The van der Waals surface area contributed by atoms with E-state index in [1.807, 2.05) is 0 Å². The quantitative estimate of drug-likeness (QED) is 0.912. The third-order valence-corrected chi connectivity index (χ3v) is 4.16. The molecule has 3 rings (SSSR count). The van der Waals surface area contributed by atoms with Crippen molar-refractivity contribution in [3.05, 3.63) is 59.1 Å². The Kier molecular flexibility index (Phi) is 4.72. The zero-order chi connectivity index (χ0) is 18.0. The Labute approximate surface area is 149 Å². The van der Waals surface area contributed by atoms with Gasteiger partial charge in [-0.3, -0.25) is 9.59 Å². The lowest BCUT2D eigenvalue weighted by Crippen LogP contribution is -2.39. The van der Waals surface area contributed by atoms with Crippen LogP contribution >= 0.6 is 11.6 Å². The SMILES string of the molecule is CN1N=C(C(N)=O)C(c2ccc(Oc3ccc(Cl)cc3)cc2)CC1=O. The second kappa shape index (κ2) is 6.94. The molecule has 7 heteroatoms. The van der Waals surface area contributed by atoms with Gasteiger partial charge in [0.2, 0.25) is 5.91 Å². The Bertz CT molecular complexity index is 832. The van der Waals surface area contributed by atoms with Gasteiger partial charge in [0.05, 0.1) is 0 Å². The maximum atomic E-state index is 11.9. The van der Waals surface area contributed by atoms with E-state index in [1.54, 1.807) is 48.5 Å². The van der Waals surface area contributed by atoms with Crippen LogP contribution in [0.4, 0.5) is 0 Å². The number of carbonyl (C=O) groups is 2. The molecule has 128 valence electrons. The Morgan fingerprint density at radius 1 is 1.16 bits per heavy atom. The molecule has 2 aromatic carbocycles. The predicted octanol–water partition coefficient (Wildman–Crippen LogP) is 2.92. The highest BCUT2D eigenvalue weighted by Crippen LogP contribution is 2.29. The fraction of sp³-hybridized carbons (Fsp3) is 0.167. The van der Waals surface area contributed by atoms with E-state index in [0.29, 0.717) is 16.5 Å². The fourth-order valence-corrected chi connectivity index (χ4v) is 2.72. The van der Waals surface area contributed by atoms with E-state index in [9.17, 15) is 9.59 Å². The van der Waals surface area contributed by atoms with Crippen LogP contribution in [-0.2, 0) is 9.59 Å². The minimum absolute atomic E-state index is 0.148. The average molecular weight is 358 g/mol. The molecule has 25 heavy (non-hydrogen) atoms. The number of hydrazone groups is 1. The number of ether oxygens (including phenoxy) is 1. The van der Waals surface area contributed by atoms with Gasteiger partial charge >= 0.3 is 0 Å². The van der Waals surface area contributed by atoms with Crippen molar-refractivity contribution >= 4 is 29.1 Å². The van der Waals surface area contributed by atoms with Gasteiger partial charge < -0.3 is 10.5 Å². The highest BCUT2D eigenvalue weighted by Gasteiger charge is 2.31. The first-order chi connectivity index (χ1) is 11.9. The third kappa shape index (κ3) is 3.80. The molecule has 2 aromatic rings. The lowest BCUT2D eigenvalue weighted by atomic mass is 9.89. The molecule has 2 amide bonds. The third-order valence-electron chi connectivity index (χ3n) is 3.91. The van der Waals surface area contributed by atoms with E-state index in [4.69, 9.17) is 22.1 Å². The molecular formula is C18H16ClN3O3. The summed E-state index contributed by atoms with van der Waals surface area (Å²) in [4.78, 5) is 23.6.